The first kappa shape index (κ1) is 108. The topological polar surface area (TPSA) is 694 Å². The molecule has 0 saturated carbocycles. The molecule has 0 bridgehead atoms. The monoisotopic (exact) mass is 3700 g/mol. The minimum absolute atomic E-state index is 0. The number of aromatic amines is 8. The van der Waals surface area contributed by atoms with E-state index < -0.39 is 23.9 Å². The number of aromatic nitrogens is 24. The summed E-state index contributed by atoms with van der Waals surface area (Å²) >= 11 is 0. The number of nitrogens with two attached hydrogens (primary N) is 1. The van der Waals surface area contributed by atoms with E-state index in [0.29, 0.717) is 101 Å². The minimum atomic E-state index is -0.958. The fourth-order valence-corrected chi connectivity index (χ4v) is 8.00. The first-order valence-electron chi connectivity index (χ1n) is 30.7. The zero-order valence-corrected chi connectivity index (χ0v) is 115. The van der Waals surface area contributed by atoms with E-state index in [1.165, 1.54) is 76.1 Å². The molecule has 0 saturated heterocycles. The fourth-order valence-electron chi connectivity index (χ4n) is 8.00. The minimum Gasteiger partial charge on any atom is -0.637 e. The third-order valence-corrected chi connectivity index (χ3v) is 12.8. The molecule has 0 spiro atoms. The maximum Gasteiger partial charge on any atom is 0.338 e. The van der Waals surface area contributed by atoms with Crippen LogP contribution in [0.5, 0.6) is 5.75 Å². The van der Waals surface area contributed by atoms with Crippen molar-refractivity contribution in [3.05, 3.63) is 187 Å². The Bertz CT molecular complexity index is 5480. The number of benzene rings is 7. The molecule has 3 amide bonds. The van der Waals surface area contributed by atoms with Crippen LogP contribution in [-0.2, 0) is 38.2 Å². The molecule has 8 heterocycles. The number of aliphatic hydroxyl groups excluding tert-OH is 3. The Labute approximate surface area is 641 Å². The Morgan fingerprint density at radius 1 is 0.484 bits per heavy atom. The molecule has 15 aromatic rings. The number of esters is 2. The van der Waals surface area contributed by atoms with Crippen LogP contribution in [0.15, 0.2) is 133 Å². The van der Waals surface area contributed by atoms with Gasteiger partial charge in [0.25, 0.3) is 11.5 Å². The Balaban J connectivity index is -0.000000306. The van der Waals surface area contributed by atoms with Gasteiger partial charge in [0.05, 0.1) is 51.8 Å². The number of rotatable bonds is 15. The van der Waals surface area contributed by atoms with Crippen molar-refractivity contribution in [2.24, 2.45) is 0 Å². The van der Waals surface area contributed by atoms with Gasteiger partial charge in [-0.2, -0.15) is 142 Å². The van der Waals surface area contributed by atoms with Gasteiger partial charge in [0, 0.05) is 24.9 Å². The van der Waals surface area contributed by atoms with Crippen molar-refractivity contribution < 1.29 is 87.7 Å². The van der Waals surface area contributed by atoms with Crippen LogP contribution in [0.2, 0.25) is 0 Å². The summed E-state index contributed by atoms with van der Waals surface area (Å²) in [5, 5.41) is 128. The van der Waals surface area contributed by atoms with E-state index in [-0.39, 0.29) is 51.5 Å². The Kier molecular flexibility index (Phi) is 51.3. The Hall–Kier alpha value is -24.5. The Morgan fingerprint density at radius 3 is 1.26 bits per heavy atom. The van der Waals surface area contributed by atoms with Crippen LogP contribution < -0.4 is 26.4 Å². The molecule has 16 rings (SSSR count). The first-order valence-corrected chi connectivity index (χ1v) is 30.7. The molecule has 18 N–H and O–H groups in total. The number of hydrogen-bond donors (Lipinski definition) is 17. The molecule has 0 aliphatic heterocycles. The molecule has 1 aliphatic carbocycles. The van der Waals surface area contributed by atoms with Crippen LogP contribution in [0.25, 0.3) is 89.1 Å². The number of amides is 3. The van der Waals surface area contributed by atoms with Crippen molar-refractivity contribution in [3.63, 3.8) is 0 Å². The van der Waals surface area contributed by atoms with Crippen LogP contribution in [-0.4, -0.2) is 237 Å². The van der Waals surface area contributed by atoms with Crippen molar-refractivity contribution in [1.29, 1.82) is 0 Å². The molecule has 8 aromatic heterocycles. The van der Waals surface area contributed by atoms with E-state index in [4.69, 9.17) is 45.6 Å². The number of hydrogen-bond acceptors (Lipinski definition) is 33. The number of aromatic carboxylic acids is 2. The number of carboxylic acids is 2. The van der Waals surface area contributed by atoms with Gasteiger partial charge in [-0.3, -0.25) is 12.6 Å². The predicted molar refractivity (Wildman–Crippen MR) is 405 cm³/mol. The zero-order chi connectivity index (χ0) is 81.4. The first-order chi connectivity index (χ1) is 54.5. The molecule has 7 aromatic carbocycles. The van der Waals surface area contributed by atoms with Crippen LogP contribution in [0.4, 0.5) is 11.4 Å². The summed E-state index contributed by atoms with van der Waals surface area (Å²) in [6, 6.07) is 34.6. The van der Waals surface area contributed by atoms with Crippen LogP contribution in [0.1, 0.15) is 81.5 Å². The van der Waals surface area contributed by atoms with Gasteiger partial charge in [-0.05, 0) is 109 Å². The number of ether oxygens (including phenoxy) is 3. The summed E-state index contributed by atoms with van der Waals surface area (Å²) < 4.78 is 13.8. The van der Waals surface area contributed by atoms with E-state index in [9.17, 15) is 38.4 Å². The molecule has 0 unspecified atom stereocenters. The van der Waals surface area contributed by atoms with E-state index in [1.807, 2.05) is 6.07 Å². The molecule has 1 aliphatic rings. The summed E-state index contributed by atoms with van der Waals surface area (Å²) in [4.78, 5) is 99.9. The number of carbonyl (C=O) groups is 4. The van der Waals surface area contributed by atoms with Gasteiger partial charge in [0.15, 0.2) is 6.47 Å². The maximum atomic E-state index is 11.6. The molecule has 0 fully saturated rings. The summed E-state index contributed by atoms with van der Waals surface area (Å²) in [5.74, 6) is -2.41. The molecule has 46 nitrogen and oxygen atoms in total. The number of nitrogens with one attached hydrogen (secondary N) is 11. The summed E-state index contributed by atoms with van der Waals surface area (Å²) in [6.45, 7) is 4.59. The van der Waals surface area contributed by atoms with E-state index in [0.717, 1.165) is 22.1 Å². The van der Waals surface area contributed by atoms with Gasteiger partial charge in [-0.15, -0.1) is 17.8 Å². The predicted octanol–water partition coefficient (Wildman–Crippen LogP) is 4.19. The van der Waals surface area contributed by atoms with Crippen molar-refractivity contribution in [2.75, 3.05) is 37.4 Å². The quantitative estimate of drug-likeness (QED) is 0.0225. The smallest absolute Gasteiger partial charge is 0.338 e. The van der Waals surface area contributed by atoms with Crippen LogP contribution >= 0.6 is 0 Å². The SMILES string of the molecule is C.C.C[C-]=O.C[C-]=O.Nc1ccc2n[nH]nc2c1.O=C(O)c1ccc2n[nH]nc2c1.O=C(O)c1ccc2n[nH]nc2c1.O=[C-]NCCO.O=[C-]NCCOC(=O)c1ccc2n[nH]nc2c1.O=[C-]Nc1ccc2n[nH]nc2c1.O=[C-]Oc1cccc2n[nH]nc12.OC1=C[C+]=Cc2[nH]nnc21.[CH2-]O.[CH2-]OC(=O)c1ccc2n[nH]nc2c1.[Rf].[Rf].[Rf].[Rf].[Rf].[Rf].[Rf].[Rf]. The van der Waals surface area contributed by atoms with Crippen LogP contribution in [0, 0.1) is 20.3 Å². The van der Waals surface area contributed by atoms with Gasteiger partial charge < -0.3 is 90.2 Å². The van der Waals surface area contributed by atoms with Gasteiger partial charge >= 0.3 is 23.9 Å². The number of aliphatic hydroxyl groups is 3. The number of allylic oxidation sites excluding steroid dienone is 2. The number of nitrogens with zero attached hydrogens (tertiary/aromatic N) is 16. The maximum absolute atomic E-state index is 11.6. The zero-order valence-electron chi connectivity index (χ0n) is 63.5. The van der Waals surface area contributed by atoms with Crippen molar-refractivity contribution in [3.8, 4) is 5.75 Å². The summed E-state index contributed by atoms with van der Waals surface area (Å²) in [6.07, 6.45) is 13.3. The second-order valence-electron chi connectivity index (χ2n) is 19.8. The molecule has 122 heavy (non-hydrogen) atoms. The van der Waals surface area contributed by atoms with Gasteiger partial charge in [0.2, 0.25) is 5.69 Å². The van der Waals surface area contributed by atoms with E-state index >= 15 is 0 Å². The molecular weight excluding hydrogens is 3630 g/mol. The average Bonchev–Trinajstić information content (AvgIpc) is 1.63. The van der Waals surface area contributed by atoms with Crippen LogP contribution in [0.3, 0.4) is 0 Å². The molecule has 0 radical (unpaired) electrons. The van der Waals surface area contributed by atoms with Gasteiger partial charge in [0.1, 0.15) is 79.4 Å². The molecule has 610 valence electrons. The molecular formula is C68H67N28O18Rf8-7. The van der Waals surface area contributed by atoms with Gasteiger partial charge in [-0.25, -0.2) is 31.4 Å². The number of nitrogen functional groups attached to an aromatic ring is 1. The average molecular weight is 3700 g/mol. The standard InChI is InChI=1S/C10H9N4O3.C8H6N3O2.C7H5N4O.2C7H5N3O2.C7H4N3O2.C6H6N4.C6H3N3O.C3H6NO2.2C2H3O.CH3O.2CH4.8Rf/c15-6-11-3-4-17-10(16)7-1-2-8-9(5-7)13-14-12-8;1-13-8(12)5-2-3-6-7(4-5)10-11-9-6;12-4-8-5-1-2-6-7(3-5)10-11-9-6;2*11-7(12)4-1-2-5-6(3-4)9-10-8-5;11-4-12-6-3-1-2-5-7(6)9-10-8-5;7-4-1-2-5-6(3-4)9-10-8-5;10-5-3-1-2-4-6(5)8-9-7-4;5-2-1-4-3-6;2*1-2-3;1-2;;;;;;;;;;/h1-2,5H,3-4H2,(H,11,15)(H,12,13,14);2-4H,1H2,(H,9,10,11);1-3H,(H,8,12)(H,9,10,11);2*1-3H,(H,11,12)(H,8,9,10);1-3H,(H,8,9,10);1-3H,7H2,(H,8,9,10);2-3H,(H-,7,8,9,10);5H,1-2H2,(H,4,6);2*1H3;2H,1H2;2*1H4;;;;;;;;/q3*-1;;;-1;;;4*-1;;;;;;;;;;/p+1. The number of para-hydroxylation sites is 1. The molecule has 0 atom stereocenters. The van der Waals surface area contributed by atoms with Gasteiger partial charge in [-0.1, -0.05) is 37.3 Å². The summed E-state index contributed by atoms with van der Waals surface area (Å²) in [5.41, 5.74) is 18.7. The van der Waals surface area contributed by atoms with E-state index in [1.54, 1.807) is 110 Å². The van der Waals surface area contributed by atoms with Crippen molar-refractivity contribution >= 4 is 163 Å². The fraction of sp³-hybridized carbons (Fsp3) is 0.118. The molecule has 54 heteroatoms. The number of H-pyrrole nitrogens is 8. The number of fused-ring (bicyclic) bond motifs is 8. The second-order valence-corrected chi connectivity index (χ2v) is 19.8. The number of carboxylic acid groups (broad SMARTS) is 2. The number of carbonyl (C=O) groups excluding carboxylic acids is 8. The third-order valence-electron chi connectivity index (χ3n) is 12.8. The Morgan fingerprint density at radius 2 is 0.861 bits per heavy atom. The second kappa shape index (κ2) is 57.7. The van der Waals surface area contributed by atoms with E-state index in [2.05, 4.69) is 169 Å². The van der Waals surface area contributed by atoms with Crippen molar-refractivity contribution in [2.45, 2.75) is 28.7 Å². The van der Waals surface area contributed by atoms with Crippen molar-refractivity contribution in [1.82, 2.24) is 134 Å². The number of anilines is 2. The largest absolute Gasteiger partial charge is 0.637 e. The normalized spacial score (nSPS) is 9.11. The summed E-state index contributed by atoms with van der Waals surface area (Å²) in [7, 11) is 5.29. The third kappa shape index (κ3) is 32.3.